The first-order valence-corrected chi connectivity index (χ1v) is 7.38. The molecule has 0 aromatic rings. The molecule has 4 N–H and O–H groups in total. The molecular formula is C13H20ClFN4O2. The molecule has 0 saturated heterocycles. The van der Waals surface area contributed by atoms with E-state index >= 15 is 0 Å². The average molecular weight is 319 g/mol. The topological polar surface area (TPSA) is 85.8 Å². The summed E-state index contributed by atoms with van der Waals surface area (Å²) in [6, 6.07) is -0.0962. The summed E-state index contributed by atoms with van der Waals surface area (Å²) < 4.78 is 13.7. The fourth-order valence-electron chi connectivity index (χ4n) is 2.65. The van der Waals surface area contributed by atoms with Gasteiger partial charge in [-0.2, -0.15) is 0 Å². The Hall–Kier alpha value is -1.34. The maximum Gasteiger partial charge on any atom is 0.216 e. The molecule has 0 spiro atoms. The molecule has 8 heteroatoms. The van der Waals surface area contributed by atoms with Crippen LogP contribution in [0.3, 0.4) is 0 Å². The average Bonchev–Trinajstić information content (AvgIpc) is 2.41. The van der Waals surface area contributed by atoms with E-state index in [4.69, 9.17) is 11.6 Å². The van der Waals surface area contributed by atoms with Crippen molar-refractivity contribution in [3.8, 4) is 0 Å². The minimum Gasteiger partial charge on any atom is -0.388 e. The molecule has 2 rings (SSSR count). The van der Waals surface area contributed by atoms with Crippen LogP contribution in [0.25, 0.3) is 0 Å². The molecule has 21 heavy (non-hydrogen) atoms. The number of hydrogen-bond donors (Lipinski definition) is 4. The van der Waals surface area contributed by atoms with Crippen molar-refractivity contribution in [2.24, 2.45) is 4.99 Å². The van der Waals surface area contributed by atoms with Crippen LogP contribution in [0.1, 0.15) is 32.6 Å². The molecule has 1 aliphatic heterocycles. The Morgan fingerprint density at radius 3 is 3.19 bits per heavy atom. The maximum atomic E-state index is 13.7. The lowest BCUT2D eigenvalue weighted by Gasteiger charge is -2.38. The van der Waals surface area contributed by atoms with Gasteiger partial charge in [0.1, 0.15) is 5.82 Å². The van der Waals surface area contributed by atoms with Crippen molar-refractivity contribution >= 4 is 23.7 Å². The van der Waals surface area contributed by atoms with Crippen molar-refractivity contribution in [2.75, 3.05) is 6.54 Å². The number of hydrogen-bond acceptors (Lipinski definition) is 5. The molecular weight excluding hydrogens is 299 g/mol. The summed E-state index contributed by atoms with van der Waals surface area (Å²) in [5.74, 6) is -0.496. The molecule has 1 amide bonds. The van der Waals surface area contributed by atoms with Crippen LogP contribution in [0, 0.1) is 0 Å². The van der Waals surface area contributed by atoms with E-state index in [-0.39, 0.29) is 24.3 Å². The Labute approximate surface area is 127 Å². The highest BCUT2D eigenvalue weighted by atomic mass is 35.5. The lowest BCUT2D eigenvalue weighted by molar-refractivity contribution is -0.120. The van der Waals surface area contributed by atoms with Gasteiger partial charge in [-0.25, -0.2) is 9.38 Å². The van der Waals surface area contributed by atoms with E-state index in [1.807, 2.05) is 0 Å². The van der Waals surface area contributed by atoms with Gasteiger partial charge in [0.05, 0.1) is 11.8 Å². The predicted molar refractivity (Wildman–Crippen MR) is 78.4 cm³/mol. The largest absolute Gasteiger partial charge is 0.388 e. The second kappa shape index (κ2) is 6.62. The highest BCUT2D eigenvalue weighted by molar-refractivity contribution is 6.21. The van der Waals surface area contributed by atoms with Crippen molar-refractivity contribution in [2.45, 2.75) is 49.9 Å². The van der Waals surface area contributed by atoms with Gasteiger partial charge in [0.25, 0.3) is 0 Å². The zero-order valence-electron chi connectivity index (χ0n) is 11.8. The highest BCUT2D eigenvalue weighted by Gasteiger charge is 2.35. The third-order valence-electron chi connectivity index (χ3n) is 3.66. The summed E-state index contributed by atoms with van der Waals surface area (Å²) >= 11 is 5.79. The lowest BCUT2D eigenvalue weighted by atomic mass is 9.81. The normalized spacial score (nSPS) is 32.6. The number of rotatable bonds is 4. The van der Waals surface area contributed by atoms with Gasteiger partial charge in [0, 0.05) is 19.5 Å². The second-order valence-electron chi connectivity index (χ2n) is 5.55. The van der Waals surface area contributed by atoms with E-state index in [1.165, 1.54) is 6.92 Å². The molecule has 3 atom stereocenters. The molecule has 1 heterocycles. The number of aliphatic hydroxyl groups is 1. The number of carbonyl (C=O) groups is 1. The molecule has 1 aliphatic carbocycles. The Morgan fingerprint density at radius 1 is 1.71 bits per heavy atom. The number of nitrogens with one attached hydrogen (secondary N) is 3. The van der Waals surface area contributed by atoms with Crippen LogP contribution in [0.5, 0.6) is 0 Å². The van der Waals surface area contributed by atoms with Crippen molar-refractivity contribution in [1.82, 2.24) is 16.0 Å². The molecule has 1 saturated carbocycles. The smallest absolute Gasteiger partial charge is 0.216 e. The van der Waals surface area contributed by atoms with Crippen LogP contribution >= 0.6 is 11.6 Å². The van der Waals surface area contributed by atoms with E-state index in [0.29, 0.717) is 12.8 Å². The number of nitrogens with zero attached hydrogens (tertiary/aromatic N) is 1. The third-order valence-corrected chi connectivity index (χ3v) is 3.88. The standard InChI is InChI=1S/C13H20ClFN4O2/c1-8(20)17-7-13(21)4-2-3-9(5-13)18-11-10(15)6-16-12(14)19-11/h6,9,12,18-19,21H,2-5,7H2,1H3,(H,17,20)/t9-,12?,13-/m0/s1. The Bertz CT molecular complexity index is 471. The number of alkyl halides is 1. The molecule has 118 valence electrons. The Balaban J connectivity index is 1.95. The first-order valence-electron chi connectivity index (χ1n) is 6.95. The van der Waals surface area contributed by atoms with Gasteiger partial charge in [-0.15, -0.1) is 0 Å². The molecule has 0 aromatic carbocycles. The van der Waals surface area contributed by atoms with Crippen LogP contribution in [0.4, 0.5) is 4.39 Å². The quantitative estimate of drug-likeness (QED) is 0.454. The van der Waals surface area contributed by atoms with Gasteiger partial charge >= 0.3 is 0 Å². The van der Waals surface area contributed by atoms with Gasteiger partial charge < -0.3 is 21.1 Å². The zero-order valence-corrected chi connectivity index (χ0v) is 12.6. The molecule has 0 radical (unpaired) electrons. The van der Waals surface area contributed by atoms with Gasteiger partial charge in [0.2, 0.25) is 5.91 Å². The summed E-state index contributed by atoms with van der Waals surface area (Å²) in [7, 11) is 0. The van der Waals surface area contributed by atoms with E-state index < -0.39 is 17.1 Å². The SMILES string of the molecule is CC(=O)NC[C@]1(O)CCC[C@H](NC2=C(F)C=NC(Cl)N2)C1. The van der Waals surface area contributed by atoms with E-state index in [0.717, 1.165) is 19.1 Å². The summed E-state index contributed by atoms with van der Waals surface area (Å²) in [5, 5.41) is 18.9. The maximum absolute atomic E-state index is 13.7. The number of aliphatic imine (C=N–C) groups is 1. The Kier molecular flexibility index (Phi) is 5.05. The first-order chi connectivity index (χ1) is 9.88. The second-order valence-corrected chi connectivity index (χ2v) is 5.97. The van der Waals surface area contributed by atoms with Crippen molar-refractivity contribution in [1.29, 1.82) is 0 Å². The minimum atomic E-state index is -0.970. The predicted octanol–water partition coefficient (Wildman–Crippen LogP) is 0.721. The van der Waals surface area contributed by atoms with Crippen LogP contribution in [-0.2, 0) is 4.79 Å². The molecule has 6 nitrogen and oxygen atoms in total. The molecule has 1 fully saturated rings. The summed E-state index contributed by atoms with van der Waals surface area (Å²) in [6.45, 7) is 1.61. The minimum absolute atomic E-state index is 0.0962. The fourth-order valence-corrected chi connectivity index (χ4v) is 2.81. The number of amides is 1. The lowest BCUT2D eigenvalue weighted by Crippen LogP contribution is -2.51. The van der Waals surface area contributed by atoms with Crippen LogP contribution in [-0.4, -0.2) is 41.0 Å². The van der Waals surface area contributed by atoms with E-state index in [2.05, 4.69) is 20.9 Å². The number of halogens is 2. The monoisotopic (exact) mass is 318 g/mol. The van der Waals surface area contributed by atoms with E-state index in [1.54, 1.807) is 0 Å². The molecule has 1 unspecified atom stereocenters. The van der Waals surface area contributed by atoms with Crippen molar-refractivity contribution in [3.05, 3.63) is 11.6 Å². The number of allylic oxidation sites excluding steroid dienone is 1. The summed E-state index contributed by atoms with van der Waals surface area (Å²) in [5.41, 5.74) is -1.67. The van der Waals surface area contributed by atoms with E-state index in [9.17, 15) is 14.3 Å². The summed E-state index contributed by atoms with van der Waals surface area (Å²) in [6.07, 6.45) is 3.71. The number of carbonyl (C=O) groups excluding carboxylic acids is 1. The first kappa shape index (κ1) is 16.0. The van der Waals surface area contributed by atoms with Crippen LogP contribution < -0.4 is 16.0 Å². The fraction of sp³-hybridized carbons (Fsp3) is 0.692. The molecule has 0 aromatic heterocycles. The van der Waals surface area contributed by atoms with Gasteiger partial charge in [-0.05, 0) is 25.7 Å². The molecule has 2 aliphatic rings. The van der Waals surface area contributed by atoms with Gasteiger partial charge in [0.15, 0.2) is 11.5 Å². The van der Waals surface area contributed by atoms with Gasteiger partial charge in [-0.1, -0.05) is 11.6 Å². The summed E-state index contributed by atoms with van der Waals surface area (Å²) in [4.78, 5) is 14.7. The highest BCUT2D eigenvalue weighted by Crippen LogP contribution is 2.28. The Morgan fingerprint density at radius 2 is 2.48 bits per heavy atom. The van der Waals surface area contributed by atoms with Crippen molar-refractivity contribution < 1.29 is 14.3 Å². The van der Waals surface area contributed by atoms with Crippen LogP contribution in [0.15, 0.2) is 16.6 Å². The third kappa shape index (κ3) is 4.57. The zero-order chi connectivity index (χ0) is 15.5. The van der Waals surface area contributed by atoms with Crippen molar-refractivity contribution in [3.63, 3.8) is 0 Å². The van der Waals surface area contributed by atoms with Crippen LogP contribution in [0.2, 0.25) is 0 Å². The van der Waals surface area contributed by atoms with Gasteiger partial charge in [-0.3, -0.25) is 4.79 Å². The molecule has 0 bridgehead atoms.